The summed E-state index contributed by atoms with van der Waals surface area (Å²) in [5, 5.41) is 69.7. The molecule has 6 aliphatic carbocycles. The number of aromatic nitrogens is 9. The van der Waals surface area contributed by atoms with E-state index in [9.17, 15) is 36.0 Å². The normalized spacial score (nSPS) is 14.1. The molecule has 0 radical (unpaired) electrons. The number of pyridine rings is 9. The molecule has 140 heavy (non-hydrogen) atoms. The first-order valence-electron chi connectivity index (χ1n) is 40.3. The zero-order valence-corrected chi connectivity index (χ0v) is 95.1. The van der Waals surface area contributed by atoms with Crippen molar-refractivity contribution in [2.45, 2.75) is 270 Å². The van der Waals surface area contributed by atoms with Crippen molar-refractivity contribution in [3.63, 3.8) is 0 Å². The zero-order chi connectivity index (χ0) is 100. The number of aryl methyl sites for hydroxylation is 1. The molecule has 9 N–H and O–H groups in total. The number of hydrogen-bond acceptors (Lipinski definition) is 27. The number of carbonyl (C=O) groups excluding carboxylic acids is 3. The van der Waals surface area contributed by atoms with E-state index < -0.39 is 59.5 Å². The van der Waals surface area contributed by atoms with Gasteiger partial charge in [-0.2, -0.15) is 10.5 Å². The summed E-state index contributed by atoms with van der Waals surface area (Å²) in [5.41, 5.74) is 11.2. The third-order valence-corrected chi connectivity index (χ3v) is 23.7. The van der Waals surface area contributed by atoms with Gasteiger partial charge in [0.25, 0.3) is 0 Å². The molecule has 0 unspecified atom stereocenters. The van der Waals surface area contributed by atoms with Crippen molar-refractivity contribution in [1.82, 2.24) is 55.5 Å². The largest absolute Gasteiger partial charge is 1.00 e. The Labute approximate surface area is 947 Å². The van der Waals surface area contributed by atoms with Crippen molar-refractivity contribution < 1.29 is 122 Å². The number of aliphatic hydroxyl groups is 4. The van der Waals surface area contributed by atoms with Gasteiger partial charge in [-0.3, -0.25) is 4.79 Å². The minimum atomic E-state index is -3.37. The van der Waals surface area contributed by atoms with Crippen molar-refractivity contribution in [3.05, 3.63) is 254 Å². The quantitative estimate of drug-likeness (QED) is 0.0155. The average molecular weight is 2520 g/mol. The number of carboxylic acid groups (broad SMARTS) is 1. The summed E-state index contributed by atoms with van der Waals surface area (Å²) < 4.78 is 61.7. The van der Waals surface area contributed by atoms with Gasteiger partial charge >= 0.3 is 69.5 Å². The number of alkyl carbamates (subject to hydrolysis) is 2. The first-order valence-corrected chi connectivity index (χ1v) is 50.7. The van der Waals surface area contributed by atoms with Crippen LogP contribution in [0.1, 0.15) is 241 Å². The van der Waals surface area contributed by atoms with Crippen molar-refractivity contribution in [3.8, 4) is 12.1 Å². The van der Waals surface area contributed by atoms with Gasteiger partial charge in [-0.25, -0.2) is 71.3 Å². The number of alkyl halides is 2. The minimum Gasteiger partial charge on any atom is -0.512 e. The molecule has 9 aromatic rings. The topological polar surface area (TPSA) is 494 Å². The second-order valence-corrected chi connectivity index (χ2v) is 43.2. The standard InChI is InChI=1S/C14H20N2O4S.C13H17BrN2O2.C9H7BrN2.C9H8BrNO2.C9H8BrNO.C9H12N2O2S.C7H5BrN2.C7H8BrN.C6H6BrNO.C4H10O.CH2Cl2.CN.2CH4O.6CH4.ClH.K/c1-13(2,3)20-12(17)16-14(6-7-14)10-5-8-15-11(9-10)21(4,18)19;1-12(2,3)18-11(17)16-13(5-6-13)9-4-7-15-10(14)8-9;10-8-5-7(1-4-12-8)9(6-11)2-3-9;10-7-5-6(1-4-11-7)9(2-3-9)8(12)13;10-8-5-7(1-4-11-8)9(6-12)2-3-9;1-14(12,13)8-6-7(2-5-11-8)9(10)3-4-9;8-7-5-6(1-3-9)2-4-10-7;1-2-6-3-4-9-7(8)5-6;7-6-3-5(4-9)1-2-8-6;1-4(2,3)5;2-1-3;3*1-2;;;;;;;;/h5,8-9H,6-7H2,1-4H3,(H,16,17);4,7-8H,5-6H2,1-3H3,(H,16,17);1,4-5H,2-3H2;1,4-5H,2-3H2,(H,12,13);1,4-6H,2-3H2;2,5-6H,3-4,10H2,1H3;2,4-5H,1H2;3-5H,2H2,1H3;1-3,9H,4H2;5H,1-3H3;1H2;;2*2H,1H3;6*1H4;1H;/q;;;;;;;;;;;-1;;;;;;;;;;+1. The number of sulfone groups is 2. The molecule has 6 aliphatic rings. The zero-order valence-electron chi connectivity index (χ0n) is 76.9. The van der Waals surface area contributed by atoms with Gasteiger partial charge in [0, 0.05) is 88.0 Å². The Morgan fingerprint density at radius 1 is 0.479 bits per heavy atom. The molecular formula is C97H136Br7Cl3KN15O15S2. The van der Waals surface area contributed by atoms with E-state index in [2.05, 4.69) is 186 Å². The van der Waals surface area contributed by atoms with Crippen molar-refractivity contribution in [1.29, 1.82) is 15.8 Å². The molecule has 0 bridgehead atoms. The summed E-state index contributed by atoms with van der Waals surface area (Å²) in [6.45, 7) is 23.1. The van der Waals surface area contributed by atoms with Crippen molar-refractivity contribution in [2.75, 3.05) is 32.1 Å². The number of aliphatic carboxylic acids is 1. The summed E-state index contributed by atoms with van der Waals surface area (Å²) in [7, 11) is -4.59. The van der Waals surface area contributed by atoms with Gasteiger partial charge in [-0.15, -0.1) is 35.6 Å². The number of carboxylic acids is 1. The third kappa shape index (κ3) is 56.1. The van der Waals surface area contributed by atoms with Crippen LogP contribution in [-0.2, 0) is 91.0 Å². The molecule has 6 saturated carbocycles. The number of aldehydes is 1. The van der Waals surface area contributed by atoms with Gasteiger partial charge in [0.05, 0.1) is 63.4 Å². The Kier molecular flexibility index (Phi) is 73.5. The molecule has 0 aliphatic heterocycles. The maximum absolute atomic E-state index is 11.9. The molecule has 9 heterocycles. The molecule has 0 saturated heterocycles. The minimum absolute atomic E-state index is 0. The van der Waals surface area contributed by atoms with Crippen LogP contribution in [0.25, 0.3) is 0 Å². The van der Waals surface area contributed by atoms with Crippen molar-refractivity contribution >= 4 is 191 Å². The number of carbonyl (C=O) groups is 4. The van der Waals surface area contributed by atoms with Gasteiger partial charge in [0.2, 0.25) is 0 Å². The number of amides is 2. The van der Waals surface area contributed by atoms with Gasteiger partial charge < -0.3 is 68.0 Å². The van der Waals surface area contributed by atoms with Gasteiger partial charge in [0.15, 0.2) is 29.7 Å². The van der Waals surface area contributed by atoms with Crippen LogP contribution in [0.5, 0.6) is 0 Å². The van der Waals surface area contributed by atoms with E-state index in [1.165, 1.54) is 24.0 Å². The third-order valence-electron chi connectivity index (χ3n) is 18.6. The fourth-order valence-electron chi connectivity index (χ4n) is 11.1. The smallest absolute Gasteiger partial charge is 0.512 e. The summed E-state index contributed by atoms with van der Waals surface area (Å²) >= 11 is 32.4. The Balaban J connectivity index is -0.000000280. The number of nitriles is 2. The fourth-order valence-corrected chi connectivity index (χ4v) is 15.0. The number of aliphatic hydroxyl groups excluding tert-OH is 3. The van der Waals surface area contributed by atoms with Crippen LogP contribution in [0.2, 0.25) is 0 Å². The second-order valence-electron chi connectivity index (χ2n) is 32.8. The van der Waals surface area contributed by atoms with E-state index in [0.29, 0.717) is 11.0 Å². The first kappa shape index (κ1) is 147. The van der Waals surface area contributed by atoms with E-state index in [4.69, 9.17) is 86.3 Å². The number of nitrogens with one attached hydrogen (secondary N) is 2. The first-order chi connectivity index (χ1) is 61.8. The molecule has 0 atom stereocenters. The predicted molar refractivity (Wildman–Crippen MR) is 578 cm³/mol. The molecule has 0 spiro atoms. The molecule has 43 heteroatoms. The second kappa shape index (κ2) is 70.0. The molecule has 15 rings (SSSR count). The molecule has 30 nitrogen and oxygen atoms in total. The van der Waals surface area contributed by atoms with Gasteiger partial charge in [0.1, 0.15) is 49.7 Å². The number of halogens is 10. The molecular weight excluding hydrogens is 2380 g/mol. The van der Waals surface area contributed by atoms with Crippen LogP contribution in [-0.4, -0.2) is 161 Å². The van der Waals surface area contributed by atoms with E-state index in [0.717, 1.165) is 189 Å². The maximum Gasteiger partial charge on any atom is 1.00 e. The van der Waals surface area contributed by atoms with Crippen LogP contribution < -0.4 is 67.8 Å². The molecule has 0 aromatic carbocycles. The van der Waals surface area contributed by atoms with Crippen LogP contribution in [0.15, 0.2) is 207 Å². The summed E-state index contributed by atoms with van der Waals surface area (Å²) in [6.07, 6.45) is 29.5. The molecule has 2 amide bonds. The van der Waals surface area contributed by atoms with Crippen LogP contribution in [0, 0.1) is 34.5 Å². The summed E-state index contributed by atoms with van der Waals surface area (Å²) in [6, 6.07) is 37.3. The number of nitrogens with zero attached hydrogens (tertiary/aromatic N) is 12. The SMILES string of the molecule is C.C.C.C.C.C.CC(C)(C)O.CC(C)(C)OC(=O)NC1(c2ccnc(Br)c2)CC1.CC(C)(C)OC(=O)NC1(c2ccnc(S(C)(=O)=O)c2)CC1.CCc1ccnc(Br)c1.CO.CO.CS(=O)(=O)c1cc(C2(N)CC2)ccn1.Cl.ClCCl.N#CC1(c2ccnc(Br)c2)CC1.N#CCc1ccnc(Br)c1.O=C(O)C1(c2ccnc(Br)c2)CC1.O=CC1(c2ccnc(Br)c2)CC1.OCc1ccnc(Br)c1.[C-]#N.[K+]. The Morgan fingerprint density at radius 2 is 0.764 bits per heavy atom. The van der Waals surface area contributed by atoms with Crippen LogP contribution >= 0.6 is 147 Å². The number of nitrogens with two attached hydrogens (primary N) is 1. The maximum atomic E-state index is 11.9. The fraction of sp³-hybridized carbons (Fsp3) is 0.464. The Morgan fingerprint density at radius 3 is 1.04 bits per heavy atom. The van der Waals surface area contributed by atoms with E-state index in [-0.39, 0.29) is 158 Å². The van der Waals surface area contributed by atoms with Gasteiger partial charge in [-0.05, 0) is 417 Å². The number of rotatable bonds is 15. The Bertz CT molecular complexity index is 5500. The van der Waals surface area contributed by atoms with Gasteiger partial charge in [-0.1, -0.05) is 51.5 Å². The summed E-state index contributed by atoms with van der Waals surface area (Å²) in [4.78, 5) is 81.0. The van der Waals surface area contributed by atoms with Crippen LogP contribution in [0.3, 0.4) is 0 Å². The van der Waals surface area contributed by atoms with Crippen LogP contribution in [0.4, 0.5) is 9.59 Å². The van der Waals surface area contributed by atoms with E-state index in [1.54, 1.807) is 121 Å². The van der Waals surface area contributed by atoms with E-state index in [1.807, 2.05) is 87.6 Å². The number of hydrogen-bond donors (Lipinski definition) is 8. The molecule has 6 fully saturated rings. The van der Waals surface area contributed by atoms with Crippen molar-refractivity contribution in [2.24, 2.45) is 5.73 Å². The predicted octanol–water partition coefficient (Wildman–Crippen LogP) is 20.6. The summed E-state index contributed by atoms with van der Waals surface area (Å²) in [5.74, 6) is -0.731. The molecule has 772 valence electrons. The average Bonchev–Trinajstić information content (AvgIpc) is 1.59. The monoisotopic (exact) mass is 2510 g/mol. The van der Waals surface area contributed by atoms with E-state index >= 15 is 0 Å². The number of ether oxygens (including phenoxy) is 2. The Hall–Kier alpha value is -5.93. The molecule has 9 aromatic heterocycles.